The molecule has 2 aromatic carbocycles. The summed E-state index contributed by atoms with van der Waals surface area (Å²) in [6, 6.07) is 18.1. The van der Waals surface area contributed by atoms with Crippen LogP contribution in [0.2, 0.25) is 0 Å². The van der Waals surface area contributed by atoms with Crippen molar-refractivity contribution in [2.24, 2.45) is 0 Å². The molecule has 1 aliphatic heterocycles. The molecule has 22 heavy (non-hydrogen) atoms. The molecule has 1 aliphatic rings. The van der Waals surface area contributed by atoms with Crippen molar-refractivity contribution in [2.75, 3.05) is 20.7 Å². The molecule has 2 unspecified atom stereocenters. The summed E-state index contributed by atoms with van der Waals surface area (Å²) in [5, 5.41) is 0. The Labute approximate surface area is 131 Å². The summed E-state index contributed by atoms with van der Waals surface area (Å²) in [4.78, 5) is 13.0. The molecule has 3 nitrogen and oxygen atoms in total. The van der Waals surface area contributed by atoms with Crippen LogP contribution in [0.4, 0.5) is 0 Å². The number of hydrogen-bond donors (Lipinski definition) is 0. The number of likely N-dealkylation sites (tertiary alicyclic amines) is 1. The third kappa shape index (κ3) is 2.77. The van der Waals surface area contributed by atoms with Gasteiger partial charge in [0.2, 0.25) is 0 Å². The monoisotopic (exact) mass is 296 g/mol. The van der Waals surface area contributed by atoms with Crippen LogP contribution in [0.15, 0.2) is 54.6 Å². The van der Waals surface area contributed by atoms with E-state index in [4.69, 9.17) is 4.74 Å². The Morgan fingerprint density at radius 3 is 2.64 bits per heavy atom. The maximum Gasteiger partial charge on any atom is 0.321 e. The summed E-state index contributed by atoms with van der Waals surface area (Å²) in [7, 11) is 3.71. The van der Waals surface area contributed by atoms with Gasteiger partial charge in [-0.15, -0.1) is 0 Å². The van der Waals surface area contributed by atoms with E-state index in [9.17, 15) is 4.79 Å². The SMILES string of the molecule is COc1cccc(C2CC[N+](C)(Cc3ccccc3)C2=O)c1. The van der Waals surface area contributed by atoms with E-state index in [0.717, 1.165) is 30.8 Å². The lowest BCUT2D eigenvalue weighted by molar-refractivity contribution is -0.840. The van der Waals surface area contributed by atoms with Crippen molar-refractivity contribution in [2.45, 2.75) is 18.9 Å². The first kappa shape index (κ1) is 14.8. The average Bonchev–Trinajstić information content (AvgIpc) is 2.84. The van der Waals surface area contributed by atoms with E-state index >= 15 is 0 Å². The number of likely N-dealkylation sites (N-methyl/N-ethyl adjacent to an activating group) is 1. The van der Waals surface area contributed by atoms with Gasteiger partial charge in [0.05, 0.1) is 20.7 Å². The average molecular weight is 296 g/mol. The highest BCUT2D eigenvalue weighted by Gasteiger charge is 2.45. The molecule has 0 aliphatic carbocycles. The third-order valence-electron chi connectivity index (χ3n) is 4.61. The van der Waals surface area contributed by atoms with Crippen LogP contribution in [0.1, 0.15) is 23.5 Å². The Morgan fingerprint density at radius 1 is 1.14 bits per heavy atom. The van der Waals surface area contributed by atoms with Gasteiger partial charge in [0.15, 0.2) is 0 Å². The summed E-state index contributed by atoms with van der Waals surface area (Å²) >= 11 is 0. The molecule has 0 spiro atoms. The standard InChI is InChI=1S/C19H22NO2/c1-20(14-15-7-4-3-5-8-15)12-11-18(19(20)21)16-9-6-10-17(13-16)22-2/h3-10,13,18H,11-12,14H2,1-2H3/q+1. The van der Waals surface area contributed by atoms with Crippen LogP contribution in [0.25, 0.3) is 0 Å². The van der Waals surface area contributed by atoms with Crippen molar-refractivity contribution in [1.29, 1.82) is 0 Å². The Morgan fingerprint density at radius 2 is 1.91 bits per heavy atom. The van der Waals surface area contributed by atoms with E-state index < -0.39 is 0 Å². The van der Waals surface area contributed by atoms with Crippen molar-refractivity contribution >= 4 is 5.91 Å². The van der Waals surface area contributed by atoms with Gasteiger partial charge in [-0.3, -0.25) is 4.48 Å². The molecule has 1 heterocycles. The Hall–Kier alpha value is -2.13. The van der Waals surface area contributed by atoms with Gasteiger partial charge in [0.25, 0.3) is 0 Å². The largest absolute Gasteiger partial charge is 0.497 e. The summed E-state index contributed by atoms with van der Waals surface area (Å²) in [6.07, 6.45) is 0.898. The van der Waals surface area contributed by atoms with Crippen molar-refractivity contribution in [3.8, 4) is 5.75 Å². The highest BCUT2D eigenvalue weighted by molar-refractivity contribution is 5.79. The minimum absolute atomic E-state index is 0.0242. The molecule has 1 saturated heterocycles. The van der Waals surface area contributed by atoms with Crippen LogP contribution in [0, 0.1) is 0 Å². The summed E-state index contributed by atoms with van der Waals surface area (Å²) in [5.74, 6) is 1.09. The van der Waals surface area contributed by atoms with Crippen LogP contribution < -0.4 is 4.74 Å². The molecule has 0 aromatic heterocycles. The van der Waals surface area contributed by atoms with Gasteiger partial charge in [-0.1, -0.05) is 42.5 Å². The first-order valence-corrected chi connectivity index (χ1v) is 7.69. The Bertz CT molecular complexity index is 668. The van der Waals surface area contributed by atoms with E-state index in [2.05, 4.69) is 19.2 Å². The fraction of sp³-hybridized carbons (Fsp3) is 0.316. The summed E-state index contributed by atoms with van der Waals surface area (Å²) in [5.41, 5.74) is 2.28. The molecule has 1 fully saturated rings. The van der Waals surface area contributed by atoms with Gasteiger partial charge in [-0.05, 0) is 17.7 Å². The van der Waals surface area contributed by atoms with Crippen LogP contribution in [0.5, 0.6) is 5.75 Å². The third-order valence-corrected chi connectivity index (χ3v) is 4.61. The van der Waals surface area contributed by atoms with E-state index in [1.807, 2.05) is 42.5 Å². The van der Waals surface area contributed by atoms with Gasteiger partial charge >= 0.3 is 5.91 Å². The Balaban J connectivity index is 1.82. The number of hydrogen-bond acceptors (Lipinski definition) is 2. The predicted molar refractivity (Wildman–Crippen MR) is 86.6 cm³/mol. The minimum atomic E-state index is -0.0242. The van der Waals surface area contributed by atoms with E-state index in [0.29, 0.717) is 10.4 Å². The molecule has 3 rings (SSSR count). The van der Waals surface area contributed by atoms with Gasteiger partial charge in [-0.25, -0.2) is 4.79 Å². The second kappa shape index (κ2) is 5.93. The highest BCUT2D eigenvalue weighted by Crippen LogP contribution is 2.35. The maximum absolute atomic E-state index is 13.0. The van der Waals surface area contributed by atoms with E-state index in [-0.39, 0.29) is 5.92 Å². The van der Waals surface area contributed by atoms with Crippen molar-refractivity contribution in [1.82, 2.24) is 0 Å². The maximum atomic E-state index is 13.0. The second-order valence-electron chi connectivity index (χ2n) is 6.22. The fourth-order valence-electron chi connectivity index (χ4n) is 3.33. The van der Waals surface area contributed by atoms with E-state index in [1.54, 1.807) is 7.11 Å². The van der Waals surface area contributed by atoms with Crippen LogP contribution in [-0.4, -0.2) is 31.1 Å². The lowest BCUT2D eigenvalue weighted by atomic mass is 9.97. The zero-order chi connectivity index (χ0) is 15.6. The normalized spacial score (nSPS) is 24.5. The number of quaternary nitrogens is 1. The molecule has 0 N–H and O–H groups in total. The van der Waals surface area contributed by atoms with Crippen molar-refractivity contribution in [3.05, 3.63) is 65.7 Å². The van der Waals surface area contributed by atoms with Gasteiger partial charge in [0.1, 0.15) is 18.2 Å². The zero-order valence-corrected chi connectivity index (χ0v) is 13.2. The highest BCUT2D eigenvalue weighted by atomic mass is 16.5. The summed E-state index contributed by atoms with van der Waals surface area (Å²) in [6.45, 7) is 1.65. The lowest BCUT2D eigenvalue weighted by Crippen LogP contribution is -2.45. The molecule has 0 bridgehead atoms. The molecule has 2 atom stereocenters. The van der Waals surface area contributed by atoms with Crippen molar-refractivity contribution in [3.63, 3.8) is 0 Å². The second-order valence-corrected chi connectivity index (χ2v) is 6.22. The first-order chi connectivity index (χ1) is 10.6. The molecular formula is C19H22NO2+. The van der Waals surface area contributed by atoms with Crippen LogP contribution in [-0.2, 0) is 11.3 Å². The van der Waals surface area contributed by atoms with Crippen molar-refractivity contribution < 1.29 is 14.0 Å². The molecule has 2 aromatic rings. The number of carbonyl (C=O) groups excluding carboxylic acids is 1. The van der Waals surface area contributed by atoms with Crippen LogP contribution in [0.3, 0.4) is 0 Å². The topological polar surface area (TPSA) is 26.3 Å². The number of amides is 1. The number of carbonyl (C=O) groups is 1. The fourth-order valence-corrected chi connectivity index (χ4v) is 3.33. The first-order valence-electron chi connectivity index (χ1n) is 7.69. The summed E-state index contributed by atoms with van der Waals surface area (Å²) < 4.78 is 5.76. The number of rotatable bonds is 4. The van der Waals surface area contributed by atoms with Gasteiger partial charge in [0, 0.05) is 12.0 Å². The minimum Gasteiger partial charge on any atom is -0.497 e. The molecular weight excluding hydrogens is 274 g/mol. The van der Waals surface area contributed by atoms with Crippen LogP contribution >= 0.6 is 0 Å². The molecule has 0 saturated carbocycles. The number of methoxy groups -OCH3 is 1. The quantitative estimate of drug-likeness (QED) is 0.809. The zero-order valence-electron chi connectivity index (χ0n) is 13.2. The molecule has 3 heteroatoms. The van der Waals surface area contributed by atoms with Gasteiger partial charge in [-0.2, -0.15) is 0 Å². The van der Waals surface area contributed by atoms with E-state index in [1.165, 1.54) is 5.56 Å². The molecule has 114 valence electrons. The molecule has 0 radical (unpaired) electrons. The number of benzene rings is 2. The van der Waals surface area contributed by atoms with Gasteiger partial charge < -0.3 is 4.74 Å². The predicted octanol–water partition coefficient (Wildman–Crippen LogP) is 3.36. The number of ether oxygens (including phenoxy) is 1. The lowest BCUT2D eigenvalue weighted by Gasteiger charge is -2.27. The smallest absolute Gasteiger partial charge is 0.321 e. The molecule has 1 amide bonds. The number of nitrogens with zero attached hydrogens (tertiary/aromatic N) is 1. The Kier molecular flexibility index (Phi) is 3.99.